The Morgan fingerprint density at radius 3 is 1.37 bits per heavy atom. The van der Waals surface area contributed by atoms with Crippen LogP contribution in [0.4, 0.5) is 0 Å². The zero-order chi connectivity index (χ0) is 41.8. The standard InChI is InChI=1S/C47H90NO8P/c1-3-5-7-9-11-13-15-17-19-21-22-24-26-28-30-32-34-36-38-40-47(50)56-45(44-55-57(51,52)54-42-41-48)43-53-46(49)39-37-35-33-31-29-27-25-23-20-18-16-14-12-10-8-6-4-2/h11,13,17,19,45H,3-10,12,14-16,18,20-44,48H2,1-2H3,(H,51,52)/b13-11-,19-17-. The molecule has 0 saturated carbocycles. The van der Waals surface area contributed by atoms with Gasteiger partial charge in [-0.3, -0.25) is 18.6 Å². The minimum Gasteiger partial charge on any atom is -0.462 e. The molecule has 0 amide bonds. The molecule has 0 aliphatic carbocycles. The van der Waals surface area contributed by atoms with Crippen molar-refractivity contribution in [2.24, 2.45) is 5.73 Å². The van der Waals surface area contributed by atoms with Gasteiger partial charge in [0.05, 0.1) is 13.2 Å². The number of nitrogens with two attached hydrogens (primary N) is 1. The first-order valence-electron chi connectivity index (χ1n) is 23.8. The highest BCUT2D eigenvalue weighted by Crippen LogP contribution is 2.43. The van der Waals surface area contributed by atoms with Crippen LogP contribution < -0.4 is 5.73 Å². The van der Waals surface area contributed by atoms with Crippen molar-refractivity contribution in [2.75, 3.05) is 26.4 Å². The van der Waals surface area contributed by atoms with E-state index in [1.807, 2.05) is 0 Å². The van der Waals surface area contributed by atoms with Crippen molar-refractivity contribution in [3.8, 4) is 0 Å². The van der Waals surface area contributed by atoms with E-state index in [1.165, 1.54) is 148 Å². The average molecular weight is 828 g/mol. The third-order valence-electron chi connectivity index (χ3n) is 10.3. The summed E-state index contributed by atoms with van der Waals surface area (Å²) < 4.78 is 32.9. The number of phosphoric acid groups is 1. The van der Waals surface area contributed by atoms with Gasteiger partial charge in [0.2, 0.25) is 0 Å². The molecule has 0 saturated heterocycles. The van der Waals surface area contributed by atoms with E-state index in [0.29, 0.717) is 6.42 Å². The van der Waals surface area contributed by atoms with Gasteiger partial charge in [0.25, 0.3) is 0 Å². The predicted octanol–water partition coefficient (Wildman–Crippen LogP) is 13.9. The Hall–Kier alpha value is -1.51. The topological polar surface area (TPSA) is 134 Å². The van der Waals surface area contributed by atoms with Crippen molar-refractivity contribution in [1.82, 2.24) is 0 Å². The summed E-state index contributed by atoms with van der Waals surface area (Å²) >= 11 is 0. The maximum Gasteiger partial charge on any atom is 0.472 e. The van der Waals surface area contributed by atoms with Crippen LogP contribution in [0.25, 0.3) is 0 Å². The molecule has 0 aliphatic heterocycles. The summed E-state index contributed by atoms with van der Waals surface area (Å²) in [5.41, 5.74) is 5.36. The number of carbonyl (C=O) groups excluding carboxylic acids is 2. The Bertz CT molecular complexity index is 990. The van der Waals surface area contributed by atoms with Crippen LogP contribution in [0, 0.1) is 0 Å². The molecule has 0 aromatic carbocycles. The van der Waals surface area contributed by atoms with Crippen LogP contribution in [-0.2, 0) is 32.7 Å². The van der Waals surface area contributed by atoms with Crippen molar-refractivity contribution in [3.05, 3.63) is 24.3 Å². The molecular weight excluding hydrogens is 737 g/mol. The van der Waals surface area contributed by atoms with Crippen LogP contribution in [0.1, 0.15) is 232 Å². The maximum atomic E-state index is 12.6. The first-order valence-corrected chi connectivity index (χ1v) is 25.3. The van der Waals surface area contributed by atoms with Crippen LogP contribution in [-0.4, -0.2) is 49.3 Å². The van der Waals surface area contributed by atoms with Crippen LogP contribution in [0.2, 0.25) is 0 Å². The highest BCUT2D eigenvalue weighted by molar-refractivity contribution is 7.47. The largest absolute Gasteiger partial charge is 0.472 e. The minimum absolute atomic E-state index is 0.0545. The Kier molecular flexibility index (Phi) is 42.9. The molecule has 0 spiro atoms. The number of carbonyl (C=O) groups is 2. The Morgan fingerprint density at radius 1 is 0.526 bits per heavy atom. The van der Waals surface area contributed by atoms with Gasteiger partial charge in [-0.05, 0) is 44.9 Å². The van der Waals surface area contributed by atoms with E-state index in [1.54, 1.807) is 0 Å². The quantitative estimate of drug-likeness (QED) is 0.0266. The summed E-state index contributed by atoms with van der Waals surface area (Å²) in [6.07, 6.45) is 47.7. The van der Waals surface area contributed by atoms with Crippen LogP contribution in [0.3, 0.4) is 0 Å². The van der Waals surface area contributed by atoms with Gasteiger partial charge in [-0.2, -0.15) is 0 Å². The molecule has 0 heterocycles. The fourth-order valence-electron chi connectivity index (χ4n) is 6.78. The highest BCUT2D eigenvalue weighted by Gasteiger charge is 2.26. The molecule has 2 unspecified atom stereocenters. The number of hydrogen-bond donors (Lipinski definition) is 2. The van der Waals surface area contributed by atoms with Gasteiger partial charge in [0.15, 0.2) is 6.10 Å². The lowest BCUT2D eigenvalue weighted by molar-refractivity contribution is -0.161. The average Bonchev–Trinajstić information content (AvgIpc) is 3.20. The van der Waals surface area contributed by atoms with Crippen LogP contribution in [0.15, 0.2) is 24.3 Å². The molecular formula is C47H90NO8P. The normalized spacial score (nSPS) is 13.4. The number of esters is 2. The van der Waals surface area contributed by atoms with Gasteiger partial charge in [-0.1, -0.05) is 199 Å². The zero-order valence-corrected chi connectivity index (χ0v) is 38.0. The number of allylic oxidation sites excluding steroid dienone is 4. The summed E-state index contributed by atoms with van der Waals surface area (Å²) in [6, 6.07) is 0. The number of rotatable bonds is 45. The monoisotopic (exact) mass is 828 g/mol. The summed E-state index contributed by atoms with van der Waals surface area (Å²) in [7, 11) is -4.38. The first-order chi connectivity index (χ1) is 27.8. The summed E-state index contributed by atoms with van der Waals surface area (Å²) in [4.78, 5) is 35.0. The van der Waals surface area contributed by atoms with Gasteiger partial charge in [0.1, 0.15) is 6.61 Å². The third kappa shape index (κ3) is 43.9. The summed E-state index contributed by atoms with van der Waals surface area (Å²) in [5.74, 6) is -0.822. The molecule has 336 valence electrons. The first kappa shape index (κ1) is 55.5. The highest BCUT2D eigenvalue weighted by atomic mass is 31.2. The van der Waals surface area contributed by atoms with E-state index in [2.05, 4.69) is 38.2 Å². The second-order valence-corrected chi connectivity index (χ2v) is 17.4. The van der Waals surface area contributed by atoms with Crippen molar-refractivity contribution >= 4 is 19.8 Å². The van der Waals surface area contributed by atoms with Gasteiger partial charge in [-0.25, -0.2) is 4.57 Å². The molecule has 2 atom stereocenters. The van der Waals surface area contributed by atoms with E-state index in [9.17, 15) is 19.0 Å². The number of phosphoric ester groups is 1. The second-order valence-electron chi connectivity index (χ2n) is 16.0. The molecule has 0 aromatic heterocycles. The van der Waals surface area contributed by atoms with Crippen molar-refractivity contribution in [1.29, 1.82) is 0 Å². The molecule has 0 fully saturated rings. The maximum absolute atomic E-state index is 12.6. The van der Waals surface area contributed by atoms with Crippen molar-refractivity contribution < 1.29 is 37.6 Å². The third-order valence-corrected chi connectivity index (χ3v) is 11.3. The van der Waals surface area contributed by atoms with Crippen LogP contribution >= 0.6 is 7.82 Å². The molecule has 10 heteroatoms. The molecule has 0 aromatic rings. The zero-order valence-electron chi connectivity index (χ0n) is 37.1. The van der Waals surface area contributed by atoms with Gasteiger partial charge in [0, 0.05) is 19.4 Å². The fourth-order valence-corrected chi connectivity index (χ4v) is 7.55. The molecule has 0 radical (unpaired) electrons. The number of hydrogen-bond acceptors (Lipinski definition) is 8. The summed E-state index contributed by atoms with van der Waals surface area (Å²) in [6.45, 7) is 3.74. The lowest BCUT2D eigenvalue weighted by Gasteiger charge is -2.19. The predicted molar refractivity (Wildman–Crippen MR) is 238 cm³/mol. The van der Waals surface area contributed by atoms with E-state index < -0.39 is 26.5 Å². The van der Waals surface area contributed by atoms with Gasteiger partial charge < -0.3 is 20.1 Å². The molecule has 0 rings (SSSR count). The SMILES string of the molecule is CCCCC/C=C\C/C=C\CCCCCCCCCCCC(=O)OC(COC(=O)CCCCCCCCCCCCCCCCCCC)COP(=O)(O)OCCN. The Labute approximate surface area is 351 Å². The van der Waals surface area contributed by atoms with E-state index in [-0.39, 0.29) is 38.6 Å². The van der Waals surface area contributed by atoms with Gasteiger partial charge >= 0.3 is 19.8 Å². The number of unbranched alkanes of at least 4 members (excludes halogenated alkanes) is 28. The fraction of sp³-hybridized carbons (Fsp3) is 0.872. The number of ether oxygens (including phenoxy) is 2. The van der Waals surface area contributed by atoms with Crippen LogP contribution in [0.5, 0.6) is 0 Å². The van der Waals surface area contributed by atoms with E-state index in [4.69, 9.17) is 24.3 Å². The smallest absolute Gasteiger partial charge is 0.462 e. The molecule has 0 aliphatic rings. The van der Waals surface area contributed by atoms with E-state index >= 15 is 0 Å². The molecule has 9 nitrogen and oxygen atoms in total. The lowest BCUT2D eigenvalue weighted by atomic mass is 10.0. The van der Waals surface area contributed by atoms with Crippen molar-refractivity contribution in [3.63, 3.8) is 0 Å². The molecule has 0 bridgehead atoms. The lowest BCUT2D eigenvalue weighted by Crippen LogP contribution is -2.29. The minimum atomic E-state index is -4.38. The van der Waals surface area contributed by atoms with E-state index in [0.717, 1.165) is 51.4 Å². The van der Waals surface area contributed by atoms with Gasteiger partial charge in [-0.15, -0.1) is 0 Å². The molecule has 57 heavy (non-hydrogen) atoms. The Balaban J connectivity index is 4.07. The van der Waals surface area contributed by atoms with Crippen molar-refractivity contribution in [2.45, 2.75) is 238 Å². The summed E-state index contributed by atoms with van der Waals surface area (Å²) in [5, 5.41) is 0. The Morgan fingerprint density at radius 2 is 0.912 bits per heavy atom. The molecule has 3 N–H and O–H groups in total. The second kappa shape index (κ2) is 44.1.